The van der Waals surface area contributed by atoms with E-state index in [0.29, 0.717) is 12.1 Å². The van der Waals surface area contributed by atoms with E-state index >= 15 is 0 Å². The standard InChI is InChI=1S/C15H31N4O2P/c1-2-3-10-21-18-13-4-5-14(16-11-13)15(20)17-12-6-8-19(22)9-7-12/h12-14,16,18H,2-11,22H2,1H3,(H,17,20)/t13-,14?/m1/s1. The average molecular weight is 330 g/mol. The van der Waals surface area contributed by atoms with Crippen molar-refractivity contribution < 1.29 is 9.63 Å². The normalized spacial score (nSPS) is 27.7. The molecular formula is C15H31N4O2P. The minimum Gasteiger partial charge on any atom is -0.352 e. The lowest BCUT2D eigenvalue weighted by Crippen LogP contribution is -2.55. The fourth-order valence-electron chi connectivity index (χ4n) is 2.92. The van der Waals surface area contributed by atoms with Gasteiger partial charge in [0, 0.05) is 31.7 Å². The van der Waals surface area contributed by atoms with Crippen LogP contribution >= 0.6 is 9.39 Å². The molecule has 2 aliphatic heterocycles. The van der Waals surface area contributed by atoms with Crippen molar-refractivity contribution in [1.29, 1.82) is 0 Å². The summed E-state index contributed by atoms with van der Waals surface area (Å²) in [7, 11) is 2.74. The highest BCUT2D eigenvalue weighted by Crippen LogP contribution is 2.14. The molecule has 0 radical (unpaired) electrons. The van der Waals surface area contributed by atoms with Crippen molar-refractivity contribution in [3.63, 3.8) is 0 Å². The monoisotopic (exact) mass is 330 g/mol. The molecular weight excluding hydrogens is 299 g/mol. The number of nitrogens with one attached hydrogen (secondary N) is 3. The number of piperidine rings is 2. The Morgan fingerprint density at radius 2 is 2.05 bits per heavy atom. The van der Waals surface area contributed by atoms with Crippen LogP contribution in [0.1, 0.15) is 45.4 Å². The predicted molar refractivity (Wildman–Crippen MR) is 91.3 cm³/mol. The highest BCUT2D eigenvalue weighted by Gasteiger charge is 2.28. The van der Waals surface area contributed by atoms with Crippen LogP contribution < -0.4 is 16.1 Å². The maximum atomic E-state index is 12.3. The summed E-state index contributed by atoms with van der Waals surface area (Å²) in [5.41, 5.74) is 3.10. The molecule has 1 amide bonds. The van der Waals surface area contributed by atoms with Gasteiger partial charge in [0.2, 0.25) is 5.91 Å². The quantitative estimate of drug-likeness (QED) is 0.366. The Balaban J connectivity index is 1.60. The number of hydrogen-bond donors (Lipinski definition) is 3. The van der Waals surface area contributed by atoms with E-state index in [1.807, 2.05) is 0 Å². The number of nitrogens with zero attached hydrogens (tertiary/aromatic N) is 1. The average Bonchev–Trinajstić information content (AvgIpc) is 2.54. The number of unbranched alkanes of at least 4 members (excludes halogenated alkanes) is 1. The smallest absolute Gasteiger partial charge is 0.237 e. The third kappa shape index (κ3) is 6.09. The van der Waals surface area contributed by atoms with Crippen molar-refractivity contribution in [2.24, 2.45) is 0 Å². The fraction of sp³-hybridized carbons (Fsp3) is 0.933. The number of carbonyl (C=O) groups excluding carboxylic acids is 1. The minimum atomic E-state index is -0.0530. The summed E-state index contributed by atoms with van der Waals surface area (Å²) in [6, 6.07) is 0.586. The molecule has 2 unspecified atom stereocenters. The Morgan fingerprint density at radius 1 is 1.27 bits per heavy atom. The van der Waals surface area contributed by atoms with Crippen molar-refractivity contribution >= 4 is 15.3 Å². The van der Waals surface area contributed by atoms with Gasteiger partial charge in [-0.05, 0) is 32.1 Å². The van der Waals surface area contributed by atoms with Gasteiger partial charge in [0.05, 0.1) is 12.6 Å². The lowest BCUT2D eigenvalue weighted by atomic mass is 9.99. The van der Waals surface area contributed by atoms with Gasteiger partial charge < -0.3 is 15.5 Å². The van der Waals surface area contributed by atoms with Crippen molar-refractivity contribution in [2.75, 3.05) is 26.2 Å². The van der Waals surface area contributed by atoms with E-state index < -0.39 is 0 Å². The van der Waals surface area contributed by atoms with Crippen LogP contribution in [-0.4, -0.2) is 54.9 Å². The zero-order valence-corrected chi connectivity index (χ0v) is 14.8. The molecule has 3 N–H and O–H groups in total. The molecule has 7 heteroatoms. The molecule has 2 saturated heterocycles. The summed E-state index contributed by atoms with van der Waals surface area (Å²) in [5, 5.41) is 6.53. The SMILES string of the molecule is CCCCON[C@@H]1CCC(C(=O)NC2CCN(P)CC2)NC1. The van der Waals surface area contributed by atoms with Crippen LogP contribution in [0.25, 0.3) is 0 Å². The molecule has 22 heavy (non-hydrogen) atoms. The van der Waals surface area contributed by atoms with Crippen LogP contribution in [-0.2, 0) is 9.63 Å². The van der Waals surface area contributed by atoms with Crippen LogP contribution in [0, 0.1) is 0 Å². The summed E-state index contributed by atoms with van der Waals surface area (Å²) >= 11 is 0. The van der Waals surface area contributed by atoms with Crippen molar-refractivity contribution in [2.45, 2.75) is 63.6 Å². The molecule has 0 aromatic carbocycles. The summed E-state index contributed by atoms with van der Waals surface area (Å²) in [4.78, 5) is 17.8. The minimum absolute atomic E-state index is 0.0530. The maximum Gasteiger partial charge on any atom is 0.237 e. The van der Waals surface area contributed by atoms with E-state index in [4.69, 9.17) is 4.84 Å². The van der Waals surface area contributed by atoms with E-state index in [2.05, 4.69) is 37.1 Å². The first-order chi connectivity index (χ1) is 10.7. The van der Waals surface area contributed by atoms with Crippen LogP contribution in [0.15, 0.2) is 0 Å². The van der Waals surface area contributed by atoms with Crippen molar-refractivity contribution in [3.05, 3.63) is 0 Å². The molecule has 128 valence electrons. The second-order valence-corrected chi connectivity index (χ2v) is 7.10. The molecule has 0 spiro atoms. The number of amides is 1. The topological polar surface area (TPSA) is 65.6 Å². The highest BCUT2D eigenvalue weighted by atomic mass is 31.0. The van der Waals surface area contributed by atoms with Gasteiger partial charge in [0.1, 0.15) is 0 Å². The summed E-state index contributed by atoms with van der Waals surface area (Å²) in [6.45, 7) is 5.76. The maximum absolute atomic E-state index is 12.3. The molecule has 0 bridgehead atoms. The van der Waals surface area contributed by atoms with Gasteiger partial charge in [-0.15, -0.1) is 0 Å². The van der Waals surface area contributed by atoms with Gasteiger partial charge in [-0.1, -0.05) is 22.7 Å². The van der Waals surface area contributed by atoms with E-state index in [1.165, 1.54) is 0 Å². The second kappa shape index (κ2) is 9.78. The molecule has 0 saturated carbocycles. The van der Waals surface area contributed by atoms with Crippen LogP contribution in [0.4, 0.5) is 0 Å². The second-order valence-electron chi connectivity index (χ2n) is 6.37. The van der Waals surface area contributed by atoms with Gasteiger partial charge >= 0.3 is 0 Å². The zero-order chi connectivity index (χ0) is 15.8. The van der Waals surface area contributed by atoms with Crippen molar-refractivity contribution in [1.82, 2.24) is 20.8 Å². The molecule has 6 nitrogen and oxygen atoms in total. The summed E-state index contributed by atoms with van der Waals surface area (Å²) < 4.78 is 2.23. The third-order valence-corrected chi connectivity index (χ3v) is 4.97. The van der Waals surface area contributed by atoms with Crippen LogP contribution in [0.2, 0.25) is 0 Å². The van der Waals surface area contributed by atoms with Gasteiger partial charge in [-0.2, -0.15) is 5.48 Å². The first-order valence-electron chi connectivity index (χ1n) is 8.59. The van der Waals surface area contributed by atoms with Gasteiger partial charge in [0.15, 0.2) is 0 Å². The Morgan fingerprint density at radius 3 is 2.68 bits per heavy atom. The van der Waals surface area contributed by atoms with Gasteiger partial charge in [-0.25, -0.2) is 0 Å². The first kappa shape index (κ1) is 18.1. The highest BCUT2D eigenvalue weighted by molar-refractivity contribution is 7.13. The van der Waals surface area contributed by atoms with Gasteiger partial charge in [0.25, 0.3) is 0 Å². The lowest BCUT2D eigenvalue weighted by molar-refractivity contribution is -0.125. The summed E-state index contributed by atoms with van der Waals surface area (Å²) in [6.07, 6.45) is 6.13. The van der Waals surface area contributed by atoms with Crippen LogP contribution in [0.5, 0.6) is 0 Å². The van der Waals surface area contributed by atoms with E-state index in [-0.39, 0.29) is 11.9 Å². The van der Waals surface area contributed by atoms with Crippen molar-refractivity contribution in [3.8, 4) is 0 Å². The third-order valence-electron chi connectivity index (χ3n) is 4.46. The largest absolute Gasteiger partial charge is 0.352 e. The molecule has 0 aromatic heterocycles. The first-order valence-corrected chi connectivity index (χ1v) is 9.11. The lowest BCUT2D eigenvalue weighted by Gasteiger charge is -2.33. The zero-order valence-electron chi connectivity index (χ0n) is 13.6. The van der Waals surface area contributed by atoms with E-state index in [0.717, 1.165) is 64.8 Å². The molecule has 2 fully saturated rings. The Labute approximate surface area is 136 Å². The Bertz CT molecular complexity index is 330. The van der Waals surface area contributed by atoms with E-state index in [1.54, 1.807) is 0 Å². The van der Waals surface area contributed by atoms with Crippen LogP contribution in [0.3, 0.4) is 0 Å². The number of hydroxylamine groups is 1. The van der Waals surface area contributed by atoms with Gasteiger partial charge in [-0.3, -0.25) is 9.46 Å². The molecule has 0 aliphatic carbocycles. The van der Waals surface area contributed by atoms with E-state index in [9.17, 15) is 4.79 Å². The summed E-state index contributed by atoms with van der Waals surface area (Å²) in [5.74, 6) is 0.160. The predicted octanol–water partition coefficient (Wildman–Crippen LogP) is 0.799. The fourth-order valence-corrected chi connectivity index (χ4v) is 3.22. The number of rotatable bonds is 7. The Kier molecular flexibility index (Phi) is 8.04. The molecule has 2 heterocycles. The Hall–Kier alpha value is -0.260. The molecule has 3 atom stereocenters. The molecule has 2 rings (SSSR count). The number of carbonyl (C=O) groups is 1. The number of hydrogen-bond acceptors (Lipinski definition) is 5. The molecule has 0 aromatic rings. The molecule has 2 aliphatic rings.